The highest BCUT2D eigenvalue weighted by Crippen LogP contribution is 2.40. The number of rotatable bonds is 4. The average molecular weight is 362 g/mol. The highest BCUT2D eigenvalue weighted by Gasteiger charge is 2.31. The second-order valence-corrected chi connectivity index (χ2v) is 6.64. The molecule has 2 amide bonds. The molecule has 1 aromatic rings. The summed E-state index contributed by atoms with van der Waals surface area (Å²) < 4.78 is 37.6. The normalized spacial score (nSPS) is 21.1. The van der Waals surface area contributed by atoms with Gasteiger partial charge in [0.2, 0.25) is 0 Å². The maximum absolute atomic E-state index is 12.5. The van der Waals surface area contributed by atoms with Crippen LogP contribution >= 0.6 is 11.8 Å². The van der Waals surface area contributed by atoms with Gasteiger partial charge in [0.15, 0.2) is 0 Å². The maximum Gasteiger partial charge on any atom is 0.446 e. The molecule has 1 fully saturated rings. The lowest BCUT2D eigenvalue weighted by atomic mass is 9.86. The number of nitrogens with one attached hydrogen (secondary N) is 2. The predicted octanol–water partition coefficient (Wildman–Crippen LogP) is 4.06. The van der Waals surface area contributed by atoms with Gasteiger partial charge < -0.3 is 15.7 Å². The molecule has 0 heterocycles. The molecule has 0 bridgehead atoms. The zero-order chi connectivity index (χ0) is 17.7. The van der Waals surface area contributed by atoms with Crippen molar-refractivity contribution in [3.8, 4) is 0 Å². The Kier molecular flexibility index (Phi) is 5.98. The van der Waals surface area contributed by atoms with E-state index in [1.165, 1.54) is 24.3 Å². The molecule has 132 valence electrons. The summed E-state index contributed by atoms with van der Waals surface area (Å²) >= 11 is -0.289. The lowest BCUT2D eigenvalue weighted by Crippen LogP contribution is -2.41. The number of hydrogen-bond donors (Lipinski definition) is 3. The molecule has 1 saturated carbocycles. The van der Waals surface area contributed by atoms with E-state index in [2.05, 4.69) is 10.6 Å². The fraction of sp³-hybridized carbons (Fsp3) is 0.467. The molecule has 5 nitrogen and oxygen atoms in total. The fourth-order valence-corrected chi connectivity index (χ4v) is 3.24. The molecular formula is C15H17F3N2O3S. The maximum atomic E-state index is 12.5. The van der Waals surface area contributed by atoms with Crippen LogP contribution in [-0.2, 0) is 4.79 Å². The first kappa shape index (κ1) is 18.4. The smallest absolute Gasteiger partial charge is 0.446 e. The Balaban J connectivity index is 1.90. The van der Waals surface area contributed by atoms with E-state index in [-0.39, 0.29) is 28.4 Å². The minimum atomic E-state index is -4.44. The number of halogens is 3. The fourth-order valence-electron chi connectivity index (χ4n) is 2.61. The summed E-state index contributed by atoms with van der Waals surface area (Å²) in [6.45, 7) is 0. The van der Waals surface area contributed by atoms with Crippen molar-refractivity contribution in [1.29, 1.82) is 0 Å². The SMILES string of the molecule is O=C(Nc1ccccc1SC(F)(F)F)NC1CCC(C(=O)O)CC1. The first-order valence-corrected chi connectivity index (χ1v) is 8.21. The van der Waals surface area contributed by atoms with Gasteiger partial charge in [0.25, 0.3) is 0 Å². The van der Waals surface area contributed by atoms with Crippen molar-refractivity contribution in [2.45, 2.75) is 42.1 Å². The van der Waals surface area contributed by atoms with Gasteiger partial charge in [-0.2, -0.15) is 13.2 Å². The first-order chi connectivity index (χ1) is 11.2. The zero-order valence-corrected chi connectivity index (χ0v) is 13.4. The number of anilines is 1. The molecule has 0 spiro atoms. The minimum Gasteiger partial charge on any atom is -0.481 e. The van der Waals surface area contributed by atoms with Crippen LogP contribution in [0, 0.1) is 5.92 Å². The van der Waals surface area contributed by atoms with E-state index < -0.39 is 23.4 Å². The van der Waals surface area contributed by atoms with Crippen LogP contribution in [0.1, 0.15) is 25.7 Å². The molecular weight excluding hydrogens is 345 g/mol. The van der Waals surface area contributed by atoms with E-state index in [1.54, 1.807) is 0 Å². The number of carbonyl (C=O) groups is 2. The highest BCUT2D eigenvalue weighted by molar-refractivity contribution is 8.00. The molecule has 0 radical (unpaired) electrons. The van der Waals surface area contributed by atoms with Gasteiger partial charge in [0.05, 0.1) is 11.6 Å². The second-order valence-electron chi connectivity index (χ2n) is 5.53. The third-order valence-corrected chi connectivity index (χ3v) is 4.58. The second kappa shape index (κ2) is 7.78. The molecule has 1 aliphatic rings. The Bertz CT molecular complexity index is 602. The standard InChI is InChI=1S/C15H17F3N2O3S/c16-15(17,18)24-12-4-2-1-3-11(12)20-14(23)19-10-7-5-9(6-8-10)13(21)22/h1-4,9-10H,5-8H2,(H,21,22)(H2,19,20,23). The van der Waals surface area contributed by atoms with Crippen molar-refractivity contribution in [3.05, 3.63) is 24.3 Å². The molecule has 1 aliphatic carbocycles. The van der Waals surface area contributed by atoms with E-state index in [0.717, 1.165) is 0 Å². The van der Waals surface area contributed by atoms with Crippen molar-refractivity contribution in [3.63, 3.8) is 0 Å². The van der Waals surface area contributed by atoms with Gasteiger partial charge in [-0.05, 0) is 49.6 Å². The van der Waals surface area contributed by atoms with Gasteiger partial charge in [-0.25, -0.2) is 4.79 Å². The van der Waals surface area contributed by atoms with Crippen LogP contribution in [0.25, 0.3) is 0 Å². The molecule has 3 N–H and O–H groups in total. The Morgan fingerprint density at radius 3 is 2.33 bits per heavy atom. The molecule has 1 aromatic carbocycles. The van der Waals surface area contributed by atoms with Crippen LogP contribution in [0.5, 0.6) is 0 Å². The Hall–Kier alpha value is -1.90. The third kappa shape index (κ3) is 5.63. The summed E-state index contributed by atoms with van der Waals surface area (Å²) in [6.07, 6.45) is 2.01. The van der Waals surface area contributed by atoms with E-state index >= 15 is 0 Å². The molecule has 2 rings (SSSR count). The topological polar surface area (TPSA) is 78.4 Å². The molecule has 0 aliphatic heterocycles. The molecule has 0 aromatic heterocycles. The zero-order valence-electron chi connectivity index (χ0n) is 12.6. The molecule has 24 heavy (non-hydrogen) atoms. The predicted molar refractivity (Wildman–Crippen MR) is 83.9 cm³/mol. The van der Waals surface area contributed by atoms with Crippen molar-refractivity contribution in [1.82, 2.24) is 5.32 Å². The molecule has 0 saturated heterocycles. The number of carboxylic acid groups (broad SMARTS) is 1. The van der Waals surface area contributed by atoms with Crippen molar-refractivity contribution in [2.75, 3.05) is 5.32 Å². The number of benzene rings is 1. The monoisotopic (exact) mass is 362 g/mol. The number of carbonyl (C=O) groups excluding carboxylic acids is 1. The van der Waals surface area contributed by atoms with Gasteiger partial charge in [-0.1, -0.05) is 12.1 Å². The number of thioether (sulfide) groups is 1. The van der Waals surface area contributed by atoms with Gasteiger partial charge in [-0.15, -0.1) is 0 Å². The largest absolute Gasteiger partial charge is 0.481 e. The van der Waals surface area contributed by atoms with Crippen LogP contribution in [0.3, 0.4) is 0 Å². The van der Waals surface area contributed by atoms with E-state index in [0.29, 0.717) is 25.7 Å². The summed E-state index contributed by atoms with van der Waals surface area (Å²) in [6, 6.07) is 4.91. The summed E-state index contributed by atoms with van der Waals surface area (Å²) in [4.78, 5) is 22.8. The molecule has 0 unspecified atom stereocenters. The van der Waals surface area contributed by atoms with Gasteiger partial charge in [-0.3, -0.25) is 4.79 Å². The molecule has 9 heteroatoms. The quantitative estimate of drug-likeness (QED) is 0.706. The average Bonchev–Trinajstić information content (AvgIpc) is 2.48. The van der Waals surface area contributed by atoms with Crippen LogP contribution in [-0.4, -0.2) is 28.7 Å². The Morgan fingerprint density at radius 1 is 1.12 bits per heavy atom. The van der Waals surface area contributed by atoms with Crippen molar-refractivity contribution in [2.24, 2.45) is 5.92 Å². The summed E-state index contributed by atoms with van der Waals surface area (Å²) in [5.74, 6) is -1.23. The van der Waals surface area contributed by atoms with Gasteiger partial charge >= 0.3 is 17.5 Å². The Morgan fingerprint density at radius 2 is 1.75 bits per heavy atom. The van der Waals surface area contributed by atoms with E-state index in [9.17, 15) is 22.8 Å². The Labute approximate surface area is 141 Å². The van der Waals surface area contributed by atoms with Crippen LogP contribution in [0.4, 0.5) is 23.7 Å². The van der Waals surface area contributed by atoms with Gasteiger partial charge in [0.1, 0.15) is 0 Å². The van der Waals surface area contributed by atoms with Crippen LogP contribution < -0.4 is 10.6 Å². The number of amides is 2. The highest BCUT2D eigenvalue weighted by atomic mass is 32.2. The number of para-hydroxylation sites is 1. The lowest BCUT2D eigenvalue weighted by molar-refractivity contribution is -0.142. The number of hydrogen-bond acceptors (Lipinski definition) is 3. The number of aliphatic carboxylic acids is 1. The van der Waals surface area contributed by atoms with Crippen molar-refractivity contribution < 1.29 is 27.9 Å². The third-order valence-electron chi connectivity index (χ3n) is 3.77. The van der Waals surface area contributed by atoms with E-state index in [1.807, 2.05) is 0 Å². The minimum absolute atomic E-state index is 0.0801. The summed E-state index contributed by atoms with van der Waals surface area (Å²) in [5, 5.41) is 14.0. The van der Waals surface area contributed by atoms with Crippen LogP contribution in [0.15, 0.2) is 29.2 Å². The van der Waals surface area contributed by atoms with Crippen LogP contribution in [0.2, 0.25) is 0 Å². The van der Waals surface area contributed by atoms with E-state index in [4.69, 9.17) is 5.11 Å². The summed E-state index contributed by atoms with van der Waals surface area (Å²) in [7, 11) is 0. The van der Waals surface area contributed by atoms with Crippen molar-refractivity contribution >= 4 is 29.4 Å². The lowest BCUT2D eigenvalue weighted by Gasteiger charge is -2.27. The molecule has 0 atom stereocenters. The van der Waals surface area contributed by atoms with Gasteiger partial charge in [0, 0.05) is 10.9 Å². The summed E-state index contributed by atoms with van der Waals surface area (Å²) in [5.41, 5.74) is -4.36. The number of alkyl halides is 3. The number of urea groups is 1. The number of carboxylic acids is 1. The first-order valence-electron chi connectivity index (χ1n) is 7.39.